The Bertz CT molecular complexity index is 122. The molecule has 1 aliphatic carbocycles. The van der Waals surface area contributed by atoms with Gasteiger partial charge in [-0.2, -0.15) is 0 Å². The van der Waals surface area contributed by atoms with E-state index in [-0.39, 0.29) is 0 Å². The summed E-state index contributed by atoms with van der Waals surface area (Å²) in [5.41, 5.74) is 0.631. The molecule has 0 radical (unpaired) electrons. The van der Waals surface area contributed by atoms with Crippen molar-refractivity contribution in [1.82, 2.24) is 4.90 Å². The lowest BCUT2D eigenvalue weighted by atomic mass is 9.70. The van der Waals surface area contributed by atoms with Crippen LogP contribution in [0.4, 0.5) is 0 Å². The Balaban J connectivity index is 2.35. The molecule has 0 N–H and O–H groups in total. The molecule has 0 atom stereocenters. The van der Waals surface area contributed by atoms with Crippen molar-refractivity contribution in [2.24, 2.45) is 5.41 Å². The first-order valence-corrected chi connectivity index (χ1v) is 6.17. The largest absolute Gasteiger partial charge is 0.303 e. The summed E-state index contributed by atoms with van der Waals surface area (Å²) < 4.78 is 0. The Labute approximate surface area is 84.6 Å². The molecular weight excluding hydrogens is 214 g/mol. The fraction of sp³-hybridized carbons (Fsp3) is 1.00. The van der Waals surface area contributed by atoms with Crippen LogP contribution in [0.3, 0.4) is 0 Å². The van der Waals surface area contributed by atoms with Crippen molar-refractivity contribution >= 4 is 15.9 Å². The van der Waals surface area contributed by atoms with Crippen LogP contribution in [0.2, 0.25) is 0 Å². The molecule has 1 fully saturated rings. The van der Waals surface area contributed by atoms with Crippen LogP contribution in [0.1, 0.15) is 33.1 Å². The third kappa shape index (κ3) is 2.23. The zero-order valence-electron chi connectivity index (χ0n) is 8.27. The van der Waals surface area contributed by atoms with Gasteiger partial charge in [-0.1, -0.05) is 36.2 Å². The standard InChI is InChI=1S/C10H20BrN/c1-3-12(4-2)9-10(8-11)6-5-7-10/h3-9H2,1-2H3. The Kier molecular flexibility index (Phi) is 4.04. The molecule has 0 aromatic heterocycles. The zero-order chi connectivity index (χ0) is 9.03. The second-order valence-electron chi connectivity index (χ2n) is 3.95. The van der Waals surface area contributed by atoms with Crippen LogP contribution in [0.5, 0.6) is 0 Å². The van der Waals surface area contributed by atoms with Crippen molar-refractivity contribution < 1.29 is 0 Å². The van der Waals surface area contributed by atoms with Crippen molar-refractivity contribution in [2.75, 3.05) is 25.0 Å². The van der Waals surface area contributed by atoms with Gasteiger partial charge in [-0.05, 0) is 31.3 Å². The fourth-order valence-electron chi connectivity index (χ4n) is 1.93. The predicted molar refractivity (Wildman–Crippen MR) is 57.9 cm³/mol. The molecule has 0 aliphatic heterocycles. The molecule has 0 aromatic carbocycles. The maximum atomic E-state index is 3.64. The Morgan fingerprint density at radius 3 is 2.08 bits per heavy atom. The van der Waals surface area contributed by atoms with E-state index in [4.69, 9.17) is 0 Å². The van der Waals surface area contributed by atoms with Gasteiger partial charge in [0.25, 0.3) is 0 Å². The predicted octanol–water partition coefficient (Wildman–Crippen LogP) is 2.89. The average molecular weight is 234 g/mol. The van der Waals surface area contributed by atoms with E-state index in [1.54, 1.807) is 0 Å². The van der Waals surface area contributed by atoms with E-state index in [0.717, 1.165) is 0 Å². The lowest BCUT2D eigenvalue weighted by molar-refractivity contribution is 0.0974. The highest BCUT2D eigenvalue weighted by molar-refractivity contribution is 9.09. The van der Waals surface area contributed by atoms with E-state index in [2.05, 4.69) is 34.7 Å². The third-order valence-corrected chi connectivity index (χ3v) is 4.34. The normalized spacial score (nSPS) is 21.0. The lowest BCUT2D eigenvalue weighted by Crippen LogP contribution is -2.43. The summed E-state index contributed by atoms with van der Waals surface area (Å²) in [6.07, 6.45) is 4.29. The minimum Gasteiger partial charge on any atom is -0.303 e. The molecule has 0 aromatic rings. The SMILES string of the molecule is CCN(CC)CC1(CBr)CCC1. The maximum absolute atomic E-state index is 3.64. The van der Waals surface area contributed by atoms with Crippen LogP contribution < -0.4 is 0 Å². The van der Waals surface area contributed by atoms with Crippen LogP contribution in [-0.2, 0) is 0 Å². The van der Waals surface area contributed by atoms with E-state index < -0.39 is 0 Å². The topological polar surface area (TPSA) is 3.24 Å². The van der Waals surface area contributed by atoms with E-state index in [9.17, 15) is 0 Å². The first-order chi connectivity index (χ1) is 5.76. The summed E-state index contributed by atoms with van der Waals surface area (Å²) in [7, 11) is 0. The van der Waals surface area contributed by atoms with Crippen LogP contribution in [0, 0.1) is 5.41 Å². The molecule has 0 saturated heterocycles. The summed E-state index contributed by atoms with van der Waals surface area (Å²) in [5.74, 6) is 0. The molecule has 0 unspecified atom stereocenters. The Morgan fingerprint density at radius 1 is 1.25 bits per heavy atom. The lowest BCUT2D eigenvalue weighted by Gasteiger charge is -2.43. The number of halogens is 1. The van der Waals surface area contributed by atoms with Crippen molar-refractivity contribution in [3.63, 3.8) is 0 Å². The van der Waals surface area contributed by atoms with E-state index >= 15 is 0 Å². The number of hydrogen-bond acceptors (Lipinski definition) is 1. The van der Waals surface area contributed by atoms with Gasteiger partial charge < -0.3 is 4.90 Å². The summed E-state index contributed by atoms with van der Waals surface area (Å²) in [5, 5.41) is 1.19. The highest BCUT2D eigenvalue weighted by Crippen LogP contribution is 2.42. The highest BCUT2D eigenvalue weighted by Gasteiger charge is 2.36. The molecule has 1 aliphatic rings. The van der Waals surface area contributed by atoms with Crippen molar-refractivity contribution in [1.29, 1.82) is 0 Å². The van der Waals surface area contributed by atoms with Gasteiger partial charge in [0, 0.05) is 11.9 Å². The van der Waals surface area contributed by atoms with Gasteiger partial charge >= 0.3 is 0 Å². The number of hydrogen-bond donors (Lipinski definition) is 0. The zero-order valence-corrected chi connectivity index (χ0v) is 9.86. The monoisotopic (exact) mass is 233 g/mol. The Hall–Kier alpha value is 0.440. The van der Waals surface area contributed by atoms with E-state index in [1.165, 1.54) is 44.2 Å². The van der Waals surface area contributed by atoms with Gasteiger partial charge in [0.15, 0.2) is 0 Å². The third-order valence-electron chi connectivity index (χ3n) is 3.15. The van der Waals surface area contributed by atoms with Crippen LogP contribution in [0.15, 0.2) is 0 Å². The van der Waals surface area contributed by atoms with Crippen LogP contribution in [-0.4, -0.2) is 29.9 Å². The molecule has 1 saturated carbocycles. The van der Waals surface area contributed by atoms with Crippen molar-refractivity contribution in [2.45, 2.75) is 33.1 Å². The molecule has 72 valence electrons. The molecule has 2 heteroatoms. The molecule has 0 bridgehead atoms. The first kappa shape index (κ1) is 10.5. The minimum atomic E-state index is 0.631. The van der Waals surface area contributed by atoms with Gasteiger partial charge in [0.2, 0.25) is 0 Å². The molecule has 1 rings (SSSR count). The van der Waals surface area contributed by atoms with E-state index in [0.29, 0.717) is 5.41 Å². The van der Waals surface area contributed by atoms with Gasteiger partial charge in [-0.25, -0.2) is 0 Å². The van der Waals surface area contributed by atoms with Crippen molar-refractivity contribution in [3.8, 4) is 0 Å². The molecule has 12 heavy (non-hydrogen) atoms. The second kappa shape index (κ2) is 4.61. The summed E-state index contributed by atoms with van der Waals surface area (Å²) in [6.45, 7) is 8.20. The summed E-state index contributed by atoms with van der Waals surface area (Å²) in [6, 6.07) is 0. The quantitative estimate of drug-likeness (QED) is 0.661. The molecule has 0 amide bonds. The maximum Gasteiger partial charge on any atom is 0.0100 e. The van der Waals surface area contributed by atoms with Crippen LogP contribution in [0.25, 0.3) is 0 Å². The molecule has 0 heterocycles. The van der Waals surface area contributed by atoms with Gasteiger partial charge in [0.05, 0.1) is 0 Å². The fourth-order valence-corrected chi connectivity index (χ4v) is 2.67. The number of nitrogens with zero attached hydrogens (tertiary/aromatic N) is 1. The summed E-state index contributed by atoms with van der Waals surface area (Å²) in [4.78, 5) is 2.54. The number of alkyl halides is 1. The molecule has 1 nitrogen and oxygen atoms in total. The van der Waals surface area contributed by atoms with Gasteiger partial charge in [-0.15, -0.1) is 0 Å². The number of rotatable bonds is 5. The average Bonchev–Trinajstić information content (AvgIpc) is 2.05. The summed E-state index contributed by atoms with van der Waals surface area (Å²) >= 11 is 3.64. The second-order valence-corrected chi connectivity index (χ2v) is 4.51. The van der Waals surface area contributed by atoms with Gasteiger partial charge in [0.1, 0.15) is 0 Å². The Morgan fingerprint density at radius 2 is 1.83 bits per heavy atom. The highest BCUT2D eigenvalue weighted by atomic mass is 79.9. The first-order valence-electron chi connectivity index (χ1n) is 5.04. The van der Waals surface area contributed by atoms with Gasteiger partial charge in [-0.3, -0.25) is 0 Å². The van der Waals surface area contributed by atoms with Crippen LogP contribution >= 0.6 is 15.9 Å². The minimum absolute atomic E-state index is 0.631. The smallest absolute Gasteiger partial charge is 0.0100 e. The molecular formula is C10H20BrN. The van der Waals surface area contributed by atoms with E-state index in [1.807, 2.05) is 0 Å². The van der Waals surface area contributed by atoms with Crippen molar-refractivity contribution in [3.05, 3.63) is 0 Å². The molecule has 0 spiro atoms.